The molecule has 130 valence electrons. The standard InChI is InChI=1S/C19H23N5O/c1-3-24-9-10-25-17(18(24)15-7-5-4-6-8-15)13-21-19-22-14(2)11-16(12-20)23-19/h4-8,11,17-18H,3,9-10,13H2,1-2H3,(H,21,22,23)/t17-,18-/m0/s1. The Labute approximate surface area is 148 Å². The van der Waals surface area contributed by atoms with Gasteiger partial charge in [-0.1, -0.05) is 37.3 Å². The fourth-order valence-electron chi connectivity index (χ4n) is 3.28. The van der Waals surface area contributed by atoms with Crippen molar-refractivity contribution in [2.24, 2.45) is 0 Å². The largest absolute Gasteiger partial charge is 0.373 e. The zero-order valence-corrected chi connectivity index (χ0v) is 14.6. The van der Waals surface area contributed by atoms with E-state index in [1.165, 1.54) is 5.56 Å². The molecule has 1 aliphatic heterocycles. The Bertz CT molecular complexity index is 743. The van der Waals surface area contributed by atoms with E-state index in [-0.39, 0.29) is 12.1 Å². The number of aryl methyl sites for hydroxylation is 1. The molecule has 1 aliphatic rings. The highest BCUT2D eigenvalue weighted by atomic mass is 16.5. The second-order valence-electron chi connectivity index (χ2n) is 6.10. The van der Waals surface area contributed by atoms with Crippen LogP contribution < -0.4 is 5.32 Å². The van der Waals surface area contributed by atoms with Crippen molar-refractivity contribution in [1.82, 2.24) is 14.9 Å². The number of rotatable bonds is 5. The number of aromatic nitrogens is 2. The highest BCUT2D eigenvalue weighted by Crippen LogP contribution is 2.29. The van der Waals surface area contributed by atoms with Crippen LogP contribution in [-0.2, 0) is 4.74 Å². The molecule has 0 saturated carbocycles. The predicted octanol–water partition coefficient (Wildman–Crippen LogP) is 2.53. The highest BCUT2D eigenvalue weighted by Gasteiger charge is 2.32. The number of hydrogen-bond donors (Lipinski definition) is 1. The van der Waals surface area contributed by atoms with Crippen molar-refractivity contribution >= 4 is 5.95 Å². The van der Waals surface area contributed by atoms with E-state index in [4.69, 9.17) is 10.00 Å². The Kier molecular flexibility index (Phi) is 5.59. The van der Waals surface area contributed by atoms with Crippen LogP contribution in [0.15, 0.2) is 36.4 Å². The van der Waals surface area contributed by atoms with Crippen molar-refractivity contribution in [2.45, 2.75) is 26.0 Å². The van der Waals surface area contributed by atoms with Gasteiger partial charge in [-0.25, -0.2) is 9.97 Å². The van der Waals surface area contributed by atoms with Gasteiger partial charge < -0.3 is 10.1 Å². The van der Waals surface area contributed by atoms with Crippen LogP contribution in [-0.4, -0.2) is 47.2 Å². The van der Waals surface area contributed by atoms with Crippen molar-refractivity contribution in [3.8, 4) is 6.07 Å². The Morgan fingerprint density at radius 3 is 2.84 bits per heavy atom. The average molecular weight is 337 g/mol. The van der Waals surface area contributed by atoms with E-state index in [9.17, 15) is 0 Å². The Morgan fingerprint density at radius 1 is 1.32 bits per heavy atom. The van der Waals surface area contributed by atoms with Crippen LogP contribution >= 0.6 is 0 Å². The maximum atomic E-state index is 9.06. The molecule has 0 radical (unpaired) electrons. The van der Waals surface area contributed by atoms with Gasteiger partial charge in [0, 0.05) is 18.8 Å². The van der Waals surface area contributed by atoms with E-state index < -0.39 is 0 Å². The van der Waals surface area contributed by atoms with Crippen LogP contribution in [0.5, 0.6) is 0 Å². The molecule has 2 atom stereocenters. The summed E-state index contributed by atoms with van der Waals surface area (Å²) in [4.78, 5) is 11.0. The number of nitrogens with one attached hydrogen (secondary N) is 1. The summed E-state index contributed by atoms with van der Waals surface area (Å²) in [6.45, 7) is 7.22. The minimum Gasteiger partial charge on any atom is -0.373 e. The molecule has 6 heteroatoms. The fraction of sp³-hybridized carbons (Fsp3) is 0.421. The molecule has 2 heterocycles. The van der Waals surface area contributed by atoms with Gasteiger partial charge in [-0.15, -0.1) is 0 Å². The maximum Gasteiger partial charge on any atom is 0.224 e. The number of nitrogens with zero attached hydrogens (tertiary/aromatic N) is 4. The van der Waals surface area contributed by atoms with Crippen LogP contribution in [0.3, 0.4) is 0 Å². The molecule has 0 amide bonds. The van der Waals surface area contributed by atoms with E-state index in [1.54, 1.807) is 6.07 Å². The Balaban J connectivity index is 1.77. The Morgan fingerprint density at radius 2 is 2.12 bits per heavy atom. The summed E-state index contributed by atoms with van der Waals surface area (Å²) in [7, 11) is 0. The first-order chi connectivity index (χ1) is 12.2. The molecule has 25 heavy (non-hydrogen) atoms. The molecule has 3 rings (SSSR count). The summed E-state index contributed by atoms with van der Waals surface area (Å²) in [5, 5.41) is 12.3. The van der Waals surface area contributed by atoms with Crippen LogP contribution in [0.4, 0.5) is 5.95 Å². The molecule has 1 aromatic heterocycles. The number of benzene rings is 1. The van der Waals surface area contributed by atoms with Gasteiger partial charge in [-0.3, -0.25) is 4.90 Å². The molecule has 1 saturated heterocycles. The van der Waals surface area contributed by atoms with Gasteiger partial charge in [0.25, 0.3) is 0 Å². The number of nitriles is 1. The van der Waals surface area contributed by atoms with Crippen molar-refractivity contribution < 1.29 is 4.74 Å². The third-order valence-corrected chi connectivity index (χ3v) is 4.43. The molecular formula is C19H23N5O. The van der Waals surface area contributed by atoms with Gasteiger partial charge in [-0.05, 0) is 25.1 Å². The van der Waals surface area contributed by atoms with Gasteiger partial charge in [0.15, 0.2) is 0 Å². The normalized spacial score (nSPS) is 20.8. The lowest BCUT2D eigenvalue weighted by Crippen LogP contribution is -2.47. The van der Waals surface area contributed by atoms with Crippen molar-refractivity contribution in [2.75, 3.05) is 31.6 Å². The van der Waals surface area contributed by atoms with Crippen molar-refractivity contribution in [1.29, 1.82) is 5.26 Å². The fourth-order valence-corrected chi connectivity index (χ4v) is 3.28. The smallest absolute Gasteiger partial charge is 0.224 e. The van der Waals surface area contributed by atoms with Crippen LogP contribution in [0, 0.1) is 18.3 Å². The second kappa shape index (κ2) is 8.06. The van der Waals surface area contributed by atoms with E-state index in [0.29, 0.717) is 24.8 Å². The number of anilines is 1. The highest BCUT2D eigenvalue weighted by molar-refractivity contribution is 5.33. The third kappa shape index (κ3) is 4.13. The molecule has 0 unspecified atom stereocenters. The van der Waals surface area contributed by atoms with Crippen LogP contribution in [0.1, 0.15) is 29.9 Å². The van der Waals surface area contributed by atoms with Gasteiger partial charge in [0.1, 0.15) is 11.8 Å². The first kappa shape index (κ1) is 17.3. The van der Waals surface area contributed by atoms with Gasteiger partial charge in [0.2, 0.25) is 5.95 Å². The predicted molar refractivity (Wildman–Crippen MR) is 96.1 cm³/mol. The molecule has 1 aromatic carbocycles. The lowest BCUT2D eigenvalue weighted by atomic mass is 9.98. The van der Waals surface area contributed by atoms with Crippen LogP contribution in [0.25, 0.3) is 0 Å². The quantitative estimate of drug-likeness (QED) is 0.904. The molecular weight excluding hydrogens is 314 g/mol. The second-order valence-corrected chi connectivity index (χ2v) is 6.10. The topological polar surface area (TPSA) is 74.1 Å². The maximum absolute atomic E-state index is 9.06. The number of morpholine rings is 1. The zero-order chi connectivity index (χ0) is 17.6. The molecule has 6 nitrogen and oxygen atoms in total. The lowest BCUT2D eigenvalue weighted by molar-refractivity contribution is -0.0639. The summed E-state index contributed by atoms with van der Waals surface area (Å²) in [5.41, 5.74) is 2.39. The van der Waals surface area contributed by atoms with Gasteiger partial charge in [0.05, 0.1) is 18.8 Å². The lowest BCUT2D eigenvalue weighted by Gasteiger charge is -2.41. The summed E-state index contributed by atoms with van der Waals surface area (Å²) < 4.78 is 6.06. The third-order valence-electron chi connectivity index (χ3n) is 4.43. The van der Waals surface area contributed by atoms with Gasteiger partial charge in [-0.2, -0.15) is 5.26 Å². The van der Waals surface area contributed by atoms with Crippen molar-refractivity contribution in [3.05, 3.63) is 53.3 Å². The molecule has 1 N–H and O–H groups in total. The molecule has 2 aromatic rings. The number of hydrogen-bond acceptors (Lipinski definition) is 6. The molecule has 0 bridgehead atoms. The summed E-state index contributed by atoms with van der Waals surface area (Å²) in [5.74, 6) is 0.473. The summed E-state index contributed by atoms with van der Waals surface area (Å²) in [6.07, 6.45) is -0.00857. The molecule has 0 aliphatic carbocycles. The number of ether oxygens (including phenoxy) is 1. The molecule has 1 fully saturated rings. The first-order valence-corrected chi connectivity index (χ1v) is 8.61. The van der Waals surface area contributed by atoms with E-state index in [2.05, 4.69) is 57.4 Å². The Hall–Kier alpha value is -2.49. The minimum atomic E-state index is -0.00857. The van der Waals surface area contributed by atoms with Gasteiger partial charge >= 0.3 is 0 Å². The SMILES string of the molecule is CCN1CCO[C@@H](CNc2nc(C)cc(C#N)n2)[C@@H]1c1ccccc1. The number of likely N-dealkylation sites (N-methyl/N-ethyl adjacent to an activating group) is 1. The zero-order valence-electron chi connectivity index (χ0n) is 14.6. The average Bonchev–Trinajstić information content (AvgIpc) is 2.66. The minimum absolute atomic E-state index is 0.00857. The monoisotopic (exact) mass is 337 g/mol. The summed E-state index contributed by atoms with van der Waals surface area (Å²) in [6, 6.07) is 14.4. The van der Waals surface area contributed by atoms with Crippen molar-refractivity contribution in [3.63, 3.8) is 0 Å². The summed E-state index contributed by atoms with van der Waals surface area (Å²) >= 11 is 0. The van der Waals surface area contributed by atoms with E-state index in [1.807, 2.05) is 13.0 Å². The first-order valence-electron chi connectivity index (χ1n) is 8.61. The van der Waals surface area contributed by atoms with E-state index in [0.717, 1.165) is 18.8 Å². The van der Waals surface area contributed by atoms with E-state index >= 15 is 0 Å². The molecule has 0 spiro atoms. The van der Waals surface area contributed by atoms with Crippen LogP contribution in [0.2, 0.25) is 0 Å².